The van der Waals surface area contributed by atoms with E-state index in [9.17, 15) is 8.78 Å². The molecule has 1 aromatic rings. The summed E-state index contributed by atoms with van der Waals surface area (Å²) in [4.78, 5) is 0. The van der Waals surface area contributed by atoms with Crippen LogP contribution >= 0.6 is 0 Å². The van der Waals surface area contributed by atoms with Crippen molar-refractivity contribution in [1.29, 1.82) is 0 Å². The van der Waals surface area contributed by atoms with Gasteiger partial charge in [0.15, 0.2) is 21.4 Å². The molecule has 14 heavy (non-hydrogen) atoms. The lowest BCUT2D eigenvalue weighted by Gasteiger charge is -2.19. The van der Waals surface area contributed by atoms with Crippen LogP contribution in [0.15, 0.2) is 18.2 Å². The van der Waals surface area contributed by atoms with E-state index in [4.69, 9.17) is 4.43 Å². The van der Waals surface area contributed by atoms with E-state index in [1.807, 2.05) is 20.8 Å². The van der Waals surface area contributed by atoms with Crippen LogP contribution in [-0.2, 0) is 4.43 Å². The van der Waals surface area contributed by atoms with Crippen LogP contribution in [0, 0.1) is 11.6 Å². The second-order valence-corrected chi connectivity index (χ2v) is 5.54. The average Bonchev–Trinajstić information content (AvgIpc) is 2.06. The quantitative estimate of drug-likeness (QED) is 0.681. The predicted molar refractivity (Wildman–Crippen MR) is 55.4 cm³/mol. The number of benzene rings is 1. The topological polar surface area (TPSA) is 9.23 Å². The maximum atomic E-state index is 12.8. The molecule has 0 aromatic heterocycles. The highest BCUT2D eigenvalue weighted by atomic mass is 28.2. The zero-order valence-corrected chi connectivity index (χ0v) is 10.0. The molecule has 1 rings (SSSR count). The first kappa shape index (κ1) is 11.3. The van der Waals surface area contributed by atoms with Gasteiger partial charge in [0.05, 0.1) is 0 Å². The summed E-state index contributed by atoms with van der Waals surface area (Å²) in [6.45, 7) is 5.83. The lowest BCUT2D eigenvalue weighted by Crippen LogP contribution is -2.28. The molecular weight excluding hydrogens is 202 g/mol. The summed E-state index contributed by atoms with van der Waals surface area (Å²) < 4.78 is 30.9. The van der Waals surface area contributed by atoms with Crippen LogP contribution in [0.25, 0.3) is 0 Å². The van der Waals surface area contributed by atoms with Gasteiger partial charge in [-0.3, -0.25) is 0 Å². The third-order valence-corrected chi connectivity index (χ3v) is 3.44. The molecule has 0 N–H and O–H groups in total. The summed E-state index contributed by atoms with van der Waals surface area (Å²) in [5.41, 5.74) is -0.211. The molecule has 0 atom stereocenters. The fourth-order valence-electron chi connectivity index (χ4n) is 0.929. The van der Waals surface area contributed by atoms with Gasteiger partial charge >= 0.3 is 0 Å². The molecule has 0 saturated heterocycles. The van der Waals surface area contributed by atoms with Crippen molar-refractivity contribution in [1.82, 2.24) is 0 Å². The fraction of sp³-hybridized carbons (Fsp3) is 0.400. The summed E-state index contributed by atoms with van der Waals surface area (Å²) >= 11 is 0. The highest BCUT2D eigenvalue weighted by Crippen LogP contribution is 2.06. The summed E-state index contributed by atoms with van der Waals surface area (Å²) in [7, 11) is -0.960. The Morgan fingerprint density at radius 3 is 2.29 bits per heavy atom. The van der Waals surface area contributed by atoms with Gasteiger partial charge in [-0.1, -0.05) is 6.07 Å². The molecule has 0 fully saturated rings. The van der Waals surface area contributed by atoms with Crippen LogP contribution in [0.4, 0.5) is 8.78 Å². The Labute approximate surface area is 85.0 Å². The number of hydrogen-bond donors (Lipinski definition) is 0. The van der Waals surface area contributed by atoms with Gasteiger partial charge in [-0.25, -0.2) is 8.78 Å². The predicted octanol–water partition coefficient (Wildman–Crippen LogP) is 1.49. The number of rotatable bonds is 2. The van der Waals surface area contributed by atoms with Gasteiger partial charge in [-0.05, 0) is 38.1 Å². The maximum Gasteiger partial charge on any atom is 0.193 e. The first-order valence-electron chi connectivity index (χ1n) is 4.46. The Kier molecular flexibility index (Phi) is 3.39. The smallest absolute Gasteiger partial charge is 0.193 e. The SMILES string of the molecule is CC(C)(C)O[SiH2]c1ccc(F)c(F)c1. The molecular formula is C10H14F2OSi. The Hall–Kier alpha value is -0.743. The van der Waals surface area contributed by atoms with E-state index in [1.165, 1.54) is 6.07 Å². The minimum absolute atomic E-state index is 0.211. The van der Waals surface area contributed by atoms with Gasteiger partial charge in [0.25, 0.3) is 0 Å². The van der Waals surface area contributed by atoms with Crippen molar-refractivity contribution in [3.8, 4) is 0 Å². The van der Waals surface area contributed by atoms with Crippen molar-refractivity contribution < 1.29 is 13.2 Å². The maximum absolute atomic E-state index is 12.8. The molecule has 0 heterocycles. The van der Waals surface area contributed by atoms with Crippen molar-refractivity contribution >= 4 is 14.9 Å². The van der Waals surface area contributed by atoms with Crippen LogP contribution in [0.1, 0.15) is 20.8 Å². The summed E-state index contributed by atoms with van der Waals surface area (Å²) in [6.07, 6.45) is 0. The second kappa shape index (κ2) is 4.19. The Bertz CT molecular complexity index is 320. The van der Waals surface area contributed by atoms with E-state index in [-0.39, 0.29) is 5.60 Å². The van der Waals surface area contributed by atoms with Crippen LogP contribution in [0.2, 0.25) is 0 Å². The molecule has 0 bridgehead atoms. The molecule has 4 heteroatoms. The monoisotopic (exact) mass is 216 g/mol. The highest BCUT2D eigenvalue weighted by molar-refractivity contribution is 6.46. The molecule has 0 unspecified atom stereocenters. The summed E-state index contributed by atoms with van der Waals surface area (Å²) in [5.74, 6) is -1.61. The van der Waals surface area contributed by atoms with E-state index in [2.05, 4.69) is 0 Å². The summed E-state index contributed by atoms with van der Waals surface area (Å²) in [5, 5.41) is 0.777. The molecule has 0 aliphatic heterocycles. The van der Waals surface area contributed by atoms with Gasteiger partial charge in [-0.2, -0.15) is 0 Å². The van der Waals surface area contributed by atoms with E-state index in [0.29, 0.717) is 0 Å². The Morgan fingerprint density at radius 1 is 1.14 bits per heavy atom. The molecule has 0 spiro atoms. The molecule has 0 radical (unpaired) electrons. The molecule has 1 aromatic carbocycles. The minimum atomic E-state index is -0.960. The minimum Gasteiger partial charge on any atom is -0.414 e. The Balaban J connectivity index is 2.65. The van der Waals surface area contributed by atoms with Crippen molar-refractivity contribution in [2.75, 3.05) is 0 Å². The van der Waals surface area contributed by atoms with E-state index < -0.39 is 21.4 Å². The molecule has 0 amide bonds. The van der Waals surface area contributed by atoms with E-state index in [0.717, 1.165) is 11.3 Å². The van der Waals surface area contributed by atoms with Crippen LogP contribution < -0.4 is 5.19 Å². The number of halogens is 2. The van der Waals surface area contributed by atoms with E-state index in [1.54, 1.807) is 6.07 Å². The lowest BCUT2D eigenvalue weighted by molar-refractivity contribution is 0.142. The molecule has 1 nitrogen and oxygen atoms in total. The van der Waals surface area contributed by atoms with Crippen molar-refractivity contribution in [2.45, 2.75) is 26.4 Å². The first-order chi connectivity index (χ1) is 6.38. The molecule has 0 saturated carbocycles. The second-order valence-electron chi connectivity index (χ2n) is 4.15. The van der Waals surface area contributed by atoms with Crippen molar-refractivity contribution in [3.63, 3.8) is 0 Å². The van der Waals surface area contributed by atoms with Gasteiger partial charge in [0.2, 0.25) is 0 Å². The van der Waals surface area contributed by atoms with Crippen molar-refractivity contribution in [3.05, 3.63) is 29.8 Å². The third kappa shape index (κ3) is 3.55. The number of hydrogen-bond acceptors (Lipinski definition) is 1. The fourth-order valence-corrected chi connectivity index (χ4v) is 2.01. The zero-order valence-electron chi connectivity index (χ0n) is 8.60. The van der Waals surface area contributed by atoms with Crippen molar-refractivity contribution in [2.24, 2.45) is 0 Å². The Morgan fingerprint density at radius 2 is 1.79 bits per heavy atom. The molecule has 78 valence electrons. The average molecular weight is 216 g/mol. The zero-order chi connectivity index (χ0) is 10.8. The third-order valence-electron chi connectivity index (χ3n) is 1.66. The normalized spacial score (nSPS) is 12.6. The highest BCUT2D eigenvalue weighted by Gasteiger charge is 2.11. The van der Waals surface area contributed by atoms with E-state index >= 15 is 0 Å². The van der Waals surface area contributed by atoms with Crippen LogP contribution in [-0.4, -0.2) is 15.4 Å². The van der Waals surface area contributed by atoms with Gasteiger partial charge < -0.3 is 4.43 Å². The molecule has 0 aliphatic carbocycles. The van der Waals surface area contributed by atoms with Crippen LogP contribution in [0.5, 0.6) is 0 Å². The largest absolute Gasteiger partial charge is 0.414 e. The standard InChI is InChI=1S/C10H14F2OSi/c1-10(2,3)13-14-7-4-5-8(11)9(12)6-7/h4-6H,14H2,1-3H3. The van der Waals surface area contributed by atoms with Gasteiger partial charge in [-0.15, -0.1) is 0 Å². The first-order valence-corrected chi connectivity index (χ1v) is 5.75. The molecule has 0 aliphatic rings. The summed E-state index contributed by atoms with van der Waals surface area (Å²) in [6, 6.07) is 3.94. The van der Waals surface area contributed by atoms with Crippen LogP contribution in [0.3, 0.4) is 0 Å². The lowest BCUT2D eigenvalue weighted by atomic mass is 10.2. The van der Waals surface area contributed by atoms with Gasteiger partial charge in [0.1, 0.15) is 0 Å². The van der Waals surface area contributed by atoms with Gasteiger partial charge in [0, 0.05) is 5.60 Å².